The Morgan fingerprint density at radius 1 is 1.48 bits per heavy atom. The van der Waals surface area contributed by atoms with Gasteiger partial charge in [-0.15, -0.1) is 0 Å². The van der Waals surface area contributed by atoms with Crippen molar-refractivity contribution in [2.24, 2.45) is 5.92 Å². The number of nitro groups is 1. The molecule has 21 heavy (non-hydrogen) atoms. The summed E-state index contributed by atoms with van der Waals surface area (Å²) >= 11 is 0. The van der Waals surface area contributed by atoms with Gasteiger partial charge in [-0.05, 0) is 37.3 Å². The van der Waals surface area contributed by atoms with Crippen LogP contribution in [0.3, 0.4) is 0 Å². The van der Waals surface area contributed by atoms with E-state index in [2.05, 4.69) is 4.90 Å². The first-order valence-corrected chi connectivity index (χ1v) is 7.39. The van der Waals surface area contributed by atoms with Gasteiger partial charge in [-0.3, -0.25) is 10.1 Å². The van der Waals surface area contributed by atoms with E-state index in [1.807, 2.05) is 0 Å². The highest BCUT2D eigenvalue weighted by atomic mass is 16.6. The van der Waals surface area contributed by atoms with Gasteiger partial charge in [0, 0.05) is 38.6 Å². The second-order valence-electron chi connectivity index (χ2n) is 5.59. The quantitative estimate of drug-likeness (QED) is 0.513. The van der Waals surface area contributed by atoms with Crippen molar-refractivity contribution in [1.82, 2.24) is 0 Å². The fraction of sp³-hybridized carbons (Fsp3) is 0.600. The number of nitrogens with two attached hydrogens (primary N) is 1. The third kappa shape index (κ3) is 4.07. The Kier molecular flexibility index (Phi) is 5.38. The Hall–Kier alpha value is -1.82. The molecule has 1 aliphatic rings. The number of nitrogen functional groups attached to an aromatic ring is 1. The van der Waals surface area contributed by atoms with E-state index in [1.54, 1.807) is 19.2 Å². The van der Waals surface area contributed by atoms with Crippen molar-refractivity contribution < 1.29 is 9.66 Å². The summed E-state index contributed by atoms with van der Waals surface area (Å²) in [6, 6.07) is 4.80. The molecule has 1 aliphatic heterocycles. The van der Waals surface area contributed by atoms with Crippen LogP contribution in [0.4, 0.5) is 17.1 Å². The van der Waals surface area contributed by atoms with Crippen LogP contribution < -0.4 is 10.6 Å². The molecule has 0 saturated carbocycles. The van der Waals surface area contributed by atoms with Crippen molar-refractivity contribution in [3.05, 3.63) is 28.3 Å². The van der Waals surface area contributed by atoms with Crippen molar-refractivity contribution in [1.29, 1.82) is 0 Å². The monoisotopic (exact) mass is 293 g/mol. The molecule has 2 N–H and O–H groups in total. The van der Waals surface area contributed by atoms with Crippen molar-refractivity contribution >= 4 is 17.1 Å². The fourth-order valence-corrected chi connectivity index (χ4v) is 2.92. The average molecular weight is 293 g/mol. The Bertz CT molecular complexity index is 493. The van der Waals surface area contributed by atoms with E-state index >= 15 is 0 Å². The van der Waals surface area contributed by atoms with Crippen LogP contribution in [-0.4, -0.2) is 31.7 Å². The molecule has 0 spiro atoms. The molecule has 6 nitrogen and oxygen atoms in total. The normalized spacial score (nSPS) is 19.3. The topological polar surface area (TPSA) is 81.6 Å². The van der Waals surface area contributed by atoms with Crippen LogP contribution in [0, 0.1) is 16.0 Å². The molecule has 1 heterocycles. The summed E-state index contributed by atoms with van der Waals surface area (Å²) in [6.45, 7) is 2.40. The maximum atomic E-state index is 11.2. The lowest BCUT2D eigenvalue weighted by atomic mass is 10.00. The molecule has 1 saturated heterocycles. The van der Waals surface area contributed by atoms with E-state index in [0.717, 1.165) is 45.4 Å². The van der Waals surface area contributed by atoms with E-state index < -0.39 is 0 Å². The van der Waals surface area contributed by atoms with Crippen molar-refractivity contribution in [2.45, 2.75) is 25.7 Å². The zero-order chi connectivity index (χ0) is 15.2. The van der Waals surface area contributed by atoms with Gasteiger partial charge < -0.3 is 15.4 Å². The lowest BCUT2D eigenvalue weighted by Crippen LogP contribution is -2.29. The third-order valence-corrected chi connectivity index (χ3v) is 4.04. The molecule has 1 aromatic carbocycles. The second kappa shape index (κ2) is 7.26. The third-order valence-electron chi connectivity index (χ3n) is 4.04. The minimum absolute atomic E-state index is 0.136. The van der Waals surface area contributed by atoms with Crippen molar-refractivity contribution in [3.63, 3.8) is 0 Å². The van der Waals surface area contributed by atoms with Crippen LogP contribution in [0.15, 0.2) is 18.2 Å². The summed E-state index contributed by atoms with van der Waals surface area (Å²) in [6.07, 6.45) is 4.34. The Morgan fingerprint density at radius 3 is 3.00 bits per heavy atom. The number of ether oxygens (including phenoxy) is 1. The number of hydrogen-bond acceptors (Lipinski definition) is 5. The average Bonchev–Trinajstić information content (AvgIpc) is 2.70. The first kappa shape index (κ1) is 15.6. The molecule has 0 aromatic heterocycles. The van der Waals surface area contributed by atoms with E-state index in [-0.39, 0.29) is 10.6 Å². The largest absolute Gasteiger partial charge is 0.399 e. The fourth-order valence-electron chi connectivity index (χ4n) is 2.92. The first-order valence-electron chi connectivity index (χ1n) is 7.39. The molecule has 116 valence electrons. The summed E-state index contributed by atoms with van der Waals surface area (Å²) < 4.78 is 5.16. The zero-order valence-corrected chi connectivity index (χ0v) is 12.5. The zero-order valence-electron chi connectivity index (χ0n) is 12.5. The molecule has 0 bridgehead atoms. The predicted octanol–water partition coefficient (Wildman–Crippen LogP) is 2.82. The van der Waals surface area contributed by atoms with Gasteiger partial charge in [0.05, 0.1) is 4.92 Å². The highest BCUT2D eigenvalue weighted by molar-refractivity contribution is 5.68. The van der Waals surface area contributed by atoms with Crippen LogP contribution in [0.1, 0.15) is 25.7 Å². The molecule has 6 heteroatoms. The summed E-state index contributed by atoms with van der Waals surface area (Å²) in [7, 11) is 1.71. The number of nitrogens with zero attached hydrogens (tertiary/aromatic N) is 2. The minimum atomic E-state index is -0.330. The van der Waals surface area contributed by atoms with Crippen molar-refractivity contribution in [3.8, 4) is 0 Å². The molecule has 0 amide bonds. The van der Waals surface area contributed by atoms with Gasteiger partial charge in [-0.25, -0.2) is 0 Å². The van der Waals surface area contributed by atoms with E-state index in [1.165, 1.54) is 6.07 Å². The number of rotatable bonds is 5. The van der Waals surface area contributed by atoms with Crippen LogP contribution in [-0.2, 0) is 4.74 Å². The van der Waals surface area contributed by atoms with Crippen LogP contribution in [0.5, 0.6) is 0 Å². The molecule has 1 fully saturated rings. The summed E-state index contributed by atoms with van der Waals surface area (Å²) in [5.41, 5.74) is 7.16. The van der Waals surface area contributed by atoms with Crippen LogP contribution in [0.25, 0.3) is 0 Å². The first-order chi connectivity index (χ1) is 10.1. The van der Waals surface area contributed by atoms with Gasteiger partial charge in [0.25, 0.3) is 5.69 Å². The number of anilines is 2. The maximum absolute atomic E-state index is 11.2. The molecule has 1 aromatic rings. The number of benzene rings is 1. The molecule has 1 unspecified atom stereocenters. The highest BCUT2D eigenvalue weighted by Gasteiger charge is 2.24. The van der Waals surface area contributed by atoms with Gasteiger partial charge in [0.1, 0.15) is 5.69 Å². The second-order valence-corrected chi connectivity index (χ2v) is 5.59. The Balaban J connectivity index is 2.22. The summed E-state index contributed by atoms with van der Waals surface area (Å²) in [5, 5.41) is 11.2. The van der Waals surface area contributed by atoms with E-state index in [4.69, 9.17) is 10.5 Å². The van der Waals surface area contributed by atoms with Gasteiger partial charge in [-0.1, -0.05) is 6.42 Å². The molecular weight excluding hydrogens is 270 g/mol. The van der Waals surface area contributed by atoms with E-state index in [9.17, 15) is 10.1 Å². The number of hydrogen-bond donors (Lipinski definition) is 1. The Labute approximate surface area is 125 Å². The Morgan fingerprint density at radius 2 is 2.29 bits per heavy atom. The molecular formula is C15H23N3O3. The van der Waals surface area contributed by atoms with Gasteiger partial charge in [0.2, 0.25) is 0 Å². The minimum Gasteiger partial charge on any atom is -0.399 e. The SMILES string of the molecule is COCCC1CCCCN(c2cc(N)ccc2[N+](=O)[O-])C1. The van der Waals surface area contributed by atoms with E-state index in [0.29, 0.717) is 17.3 Å². The predicted molar refractivity (Wildman–Crippen MR) is 83.6 cm³/mol. The van der Waals surface area contributed by atoms with Gasteiger partial charge in [-0.2, -0.15) is 0 Å². The maximum Gasteiger partial charge on any atom is 0.292 e. The lowest BCUT2D eigenvalue weighted by Gasteiger charge is -2.26. The smallest absolute Gasteiger partial charge is 0.292 e. The standard InChI is InChI=1S/C15H23N3O3/c1-21-9-7-12-4-2-3-8-17(11-12)15-10-13(16)5-6-14(15)18(19)20/h5-6,10,12H,2-4,7-9,11,16H2,1H3. The van der Waals surface area contributed by atoms with Crippen molar-refractivity contribution in [2.75, 3.05) is 37.4 Å². The number of methoxy groups -OCH3 is 1. The molecule has 0 aliphatic carbocycles. The summed E-state index contributed by atoms with van der Waals surface area (Å²) in [4.78, 5) is 13.0. The summed E-state index contributed by atoms with van der Waals surface area (Å²) in [5.74, 6) is 0.508. The van der Waals surface area contributed by atoms with Gasteiger partial charge in [0.15, 0.2) is 0 Å². The lowest BCUT2D eigenvalue weighted by molar-refractivity contribution is -0.384. The molecule has 1 atom stereocenters. The highest BCUT2D eigenvalue weighted by Crippen LogP contribution is 2.33. The molecule has 2 rings (SSSR count). The van der Waals surface area contributed by atoms with Gasteiger partial charge >= 0.3 is 0 Å². The molecule has 0 radical (unpaired) electrons. The number of nitro benzene ring substituents is 1. The van der Waals surface area contributed by atoms with Crippen LogP contribution >= 0.6 is 0 Å². The van der Waals surface area contributed by atoms with Crippen LogP contribution in [0.2, 0.25) is 0 Å².